The highest BCUT2D eigenvalue weighted by Gasteiger charge is 2.33. The third kappa shape index (κ3) is 6.68. The lowest BCUT2D eigenvalue weighted by Crippen LogP contribution is -2.42. The van der Waals surface area contributed by atoms with E-state index in [0.29, 0.717) is 30.4 Å². The third-order valence-electron chi connectivity index (χ3n) is 7.91. The van der Waals surface area contributed by atoms with Gasteiger partial charge in [0, 0.05) is 72.8 Å². The predicted molar refractivity (Wildman–Crippen MR) is 167 cm³/mol. The molecule has 0 radical (unpaired) electrons. The van der Waals surface area contributed by atoms with Gasteiger partial charge in [0.2, 0.25) is 0 Å². The molecule has 0 saturated carbocycles. The highest BCUT2D eigenvalue weighted by Crippen LogP contribution is 2.38. The van der Waals surface area contributed by atoms with Gasteiger partial charge < -0.3 is 28.7 Å². The number of H-pyrrole nitrogens is 1. The molecule has 4 aromatic rings. The number of hydrogen-bond acceptors (Lipinski definition) is 9. The molecule has 1 amide bonds. The summed E-state index contributed by atoms with van der Waals surface area (Å²) < 4.78 is 29.2. The lowest BCUT2D eigenvalue weighted by molar-refractivity contribution is -0.00505. The number of fused-ring (bicyclic) bond motifs is 2. The molecule has 44 heavy (non-hydrogen) atoms. The quantitative estimate of drug-likeness (QED) is 0.244. The van der Waals surface area contributed by atoms with Gasteiger partial charge in [-0.15, -0.1) is 0 Å². The van der Waals surface area contributed by atoms with Gasteiger partial charge in [0.05, 0.1) is 38.1 Å². The number of aromatic nitrogens is 3. The number of ether oxygens (including phenoxy) is 5. The molecular weight excluding hydrogens is 562 g/mol. The zero-order valence-corrected chi connectivity index (χ0v) is 25.9. The van der Waals surface area contributed by atoms with E-state index in [1.54, 1.807) is 18.3 Å². The van der Waals surface area contributed by atoms with Crippen molar-refractivity contribution in [2.45, 2.75) is 51.9 Å². The average molecular weight is 604 g/mol. The van der Waals surface area contributed by atoms with Crippen molar-refractivity contribution in [1.29, 1.82) is 0 Å². The Kier molecular flexibility index (Phi) is 8.76. The van der Waals surface area contributed by atoms with E-state index >= 15 is 0 Å². The smallest absolute Gasteiger partial charge is 0.413 e. The Balaban J connectivity index is 1.19. The first-order chi connectivity index (χ1) is 21.3. The molecule has 6 rings (SSSR count). The van der Waals surface area contributed by atoms with E-state index in [4.69, 9.17) is 23.7 Å². The molecule has 234 valence electrons. The lowest BCUT2D eigenvalue weighted by Gasteiger charge is -2.28. The van der Waals surface area contributed by atoms with Crippen LogP contribution in [0.15, 0.2) is 42.9 Å². The largest absolute Gasteiger partial charge is 0.493 e. The molecule has 2 saturated heterocycles. The summed E-state index contributed by atoms with van der Waals surface area (Å²) in [5, 5.41) is 1.86. The molecule has 2 aliphatic heterocycles. The number of carbonyl (C=O) groups excluding carboxylic acids is 1. The fourth-order valence-electron chi connectivity index (χ4n) is 5.77. The molecule has 1 N–H and O–H groups in total. The Morgan fingerprint density at radius 3 is 2.70 bits per heavy atom. The minimum absolute atomic E-state index is 0.351. The van der Waals surface area contributed by atoms with Gasteiger partial charge in [0.25, 0.3) is 0 Å². The highest BCUT2D eigenvalue weighted by atomic mass is 16.6. The molecule has 2 fully saturated rings. The van der Waals surface area contributed by atoms with E-state index < -0.39 is 5.60 Å². The predicted octanol–water partition coefficient (Wildman–Crippen LogP) is 5.62. The van der Waals surface area contributed by atoms with Crippen LogP contribution in [-0.4, -0.2) is 95.8 Å². The number of amides is 1. The van der Waals surface area contributed by atoms with Crippen molar-refractivity contribution in [3.05, 3.63) is 42.9 Å². The van der Waals surface area contributed by atoms with Crippen molar-refractivity contribution < 1.29 is 28.5 Å². The average Bonchev–Trinajstić information content (AvgIpc) is 3.65. The van der Waals surface area contributed by atoms with Crippen LogP contribution in [0.3, 0.4) is 0 Å². The van der Waals surface area contributed by atoms with Crippen LogP contribution in [0.5, 0.6) is 17.2 Å². The molecule has 11 heteroatoms. The molecule has 0 bridgehead atoms. The van der Waals surface area contributed by atoms with Crippen LogP contribution in [0.1, 0.15) is 40.0 Å². The number of likely N-dealkylation sites (tertiary alicyclic amines) is 1. The number of hydrogen-bond donors (Lipinski definition) is 1. The Morgan fingerprint density at radius 2 is 1.91 bits per heavy atom. The Bertz CT molecular complexity index is 1610. The van der Waals surface area contributed by atoms with Gasteiger partial charge in [-0.25, -0.2) is 14.8 Å². The summed E-state index contributed by atoms with van der Waals surface area (Å²) in [6.07, 6.45) is 5.33. The van der Waals surface area contributed by atoms with E-state index in [9.17, 15) is 4.79 Å². The third-order valence-corrected chi connectivity index (χ3v) is 7.91. The second kappa shape index (κ2) is 12.9. The summed E-state index contributed by atoms with van der Waals surface area (Å²) in [6.45, 7) is 11.3. The van der Waals surface area contributed by atoms with Crippen LogP contribution in [-0.2, 0) is 9.47 Å². The number of nitrogens with zero attached hydrogens (tertiary/aromatic N) is 4. The molecule has 0 spiro atoms. The maximum absolute atomic E-state index is 12.7. The molecule has 11 nitrogen and oxygen atoms in total. The monoisotopic (exact) mass is 603 g/mol. The van der Waals surface area contributed by atoms with E-state index in [-0.39, 0.29) is 12.3 Å². The van der Waals surface area contributed by atoms with Crippen LogP contribution in [0.2, 0.25) is 0 Å². The summed E-state index contributed by atoms with van der Waals surface area (Å²) in [5.74, 6) is 1.98. The van der Waals surface area contributed by atoms with E-state index in [0.717, 1.165) is 85.2 Å². The van der Waals surface area contributed by atoms with Crippen molar-refractivity contribution >= 4 is 27.9 Å². The van der Waals surface area contributed by atoms with Gasteiger partial charge in [-0.3, -0.25) is 9.80 Å². The molecule has 2 aromatic heterocycles. The summed E-state index contributed by atoms with van der Waals surface area (Å²) in [6, 6.07) is 9.77. The Morgan fingerprint density at radius 1 is 1.07 bits per heavy atom. The van der Waals surface area contributed by atoms with Gasteiger partial charge >= 0.3 is 6.09 Å². The second-order valence-corrected chi connectivity index (χ2v) is 12.2. The Labute approximate surface area is 257 Å². The molecule has 4 heterocycles. The molecule has 0 aliphatic carbocycles. The lowest BCUT2D eigenvalue weighted by atomic mass is 10.0. The summed E-state index contributed by atoms with van der Waals surface area (Å²) in [7, 11) is 1.65. The maximum Gasteiger partial charge on any atom is 0.413 e. The molecule has 1 atom stereocenters. The molecule has 1 unspecified atom stereocenters. The first-order valence-electron chi connectivity index (χ1n) is 15.3. The van der Waals surface area contributed by atoms with Crippen LogP contribution in [0.4, 0.5) is 4.79 Å². The van der Waals surface area contributed by atoms with E-state index in [1.165, 1.54) is 0 Å². The van der Waals surface area contributed by atoms with Crippen molar-refractivity contribution in [3.8, 4) is 28.5 Å². The topological polar surface area (TPSA) is 111 Å². The maximum atomic E-state index is 12.7. The van der Waals surface area contributed by atoms with E-state index in [2.05, 4.69) is 19.9 Å². The standard InChI is InChI=1S/C33H41N5O6/c1-33(2,3)44-32(39)38-11-5-7-30(38)43-22-8-9-23-25(20-34-26(23)17-22)31-24-18-28(40-4)29(19-27(24)35-21-36-31)42-14-6-10-37-12-15-41-16-13-37/h8-9,17-21,30,34H,5-7,10-16H2,1-4H3. The summed E-state index contributed by atoms with van der Waals surface area (Å²) in [5.41, 5.74) is 2.85. The number of carbonyl (C=O) groups is 1. The first kappa shape index (κ1) is 30.0. The van der Waals surface area contributed by atoms with Gasteiger partial charge in [-0.05, 0) is 51.8 Å². The van der Waals surface area contributed by atoms with E-state index in [1.807, 2.05) is 57.3 Å². The first-order valence-corrected chi connectivity index (χ1v) is 15.3. The molecule has 2 aromatic carbocycles. The zero-order chi connectivity index (χ0) is 30.7. The second-order valence-electron chi connectivity index (χ2n) is 12.2. The minimum Gasteiger partial charge on any atom is -0.493 e. The highest BCUT2D eigenvalue weighted by molar-refractivity contribution is 6.03. The number of rotatable bonds is 9. The number of aromatic amines is 1. The number of methoxy groups -OCH3 is 1. The van der Waals surface area contributed by atoms with Crippen molar-refractivity contribution in [2.24, 2.45) is 0 Å². The van der Waals surface area contributed by atoms with Crippen molar-refractivity contribution in [1.82, 2.24) is 24.8 Å². The van der Waals surface area contributed by atoms with Gasteiger partial charge in [0.1, 0.15) is 17.7 Å². The van der Waals surface area contributed by atoms with Crippen LogP contribution >= 0.6 is 0 Å². The van der Waals surface area contributed by atoms with Gasteiger partial charge in [-0.2, -0.15) is 0 Å². The fraction of sp³-hybridized carbons (Fsp3) is 0.485. The fourth-order valence-corrected chi connectivity index (χ4v) is 5.77. The minimum atomic E-state index is -0.559. The van der Waals surface area contributed by atoms with Crippen molar-refractivity contribution in [2.75, 3.05) is 53.1 Å². The number of morpholine rings is 1. The van der Waals surface area contributed by atoms with Crippen LogP contribution < -0.4 is 14.2 Å². The van der Waals surface area contributed by atoms with Gasteiger partial charge in [-0.1, -0.05) is 0 Å². The number of benzene rings is 2. The SMILES string of the molecule is COc1cc2c(-c3c[nH]c4cc(OC5CCCN5C(=O)OC(C)(C)C)ccc34)ncnc2cc1OCCCN1CCOCC1. The normalized spacial score (nSPS) is 17.7. The zero-order valence-electron chi connectivity index (χ0n) is 25.9. The van der Waals surface area contributed by atoms with Crippen LogP contribution in [0.25, 0.3) is 33.1 Å². The Hall–Kier alpha value is -4.09. The summed E-state index contributed by atoms with van der Waals surface area (Å²) in [4.78, 5) is 29.4. The number of nitrogens with one attached hydrogen (secondary N) is 1. The van der Waals surface area contributed by atoms with Gasteiger partial charge in [0.15, 0.2) is 17.7 Å². The summed E-state index contributed by atoms with van der Waals surface area (Å²) >= 11 is 0. The molecular formula is C33H41N5O6. The van der Waals surface area contributed by atoms with Crippen molar-refractivity contribution in [3.63, 3.8) is 0 Å². The molecule has 2 aliphatic rings. The van der Waals surface area contributed by atoms with Crippen LogP contribution in [0, 0.1) is 0 Å².